The number of nitrogens with two attached hydrogens (primary N) is 1. The lowest BCUT2D eigenvalue weighted by Crippen LogP contribution is -2.50. The largest absolute Gasteiger partial charge is 0.419 e. The summed E-state index contributed by atoms with van der Waals surface area (Å²) in [6.45, 7) is 1.13. The van der Waals surface area contributed by atoms with Crippen LogP contribution in [-0.2, 0) is 12.7 Å². The molecule has 1 aromatic carbocycles. The van der Waals surface area contributed by atoms with Crippen LogP contribution in [0.2, 0.25) is 0 Å². The summed E-state index contributed by atoms with van der Waals surface area (Å²) in [5.41, 5.74) is 4.76. The van der Waals surface area contributed by atoms with E-state index in [1.807, 2.05) is 0 Å². The van der Waals surface area contributed by atoms with Crippen LogP contribution in [0.25, 0.3) is 0 Å². The number of aliphatic hydroxyl groups is 1. The first-order valence-corrected chi connectivity index (χ1v) is 6.29. The zero-order chi connectivity index (χ0) is 14.9. The number of piperidine rings is 1. The van der Waals surface area contributed by atoms with E-state index in [0.29, 0.717) is 25.1 Å². The van der Waals surface area contributed by atoms with Gasteiger partial charge in [0.25, 0.3) is 0 Å². The minimum atomic E-state index is -4.70. The molecule has 0 amide bonds. The van der Waals surface area contributed by atoms with Crippen molar-refractivity contribution in [2.45, 2.75) is 31.3 Å². The van der Waals surface area contributed by atoms with Crippen molar-refractivity contribution < 1.29 is 22.7 Å². The molecule has 2 rings (SSSR count). The van der Waals surface area contributed by atoms with Gasteiger partial charge in [-0.05, 0) is 24.1 Å². The van der Waals surface area contributed by atoms with Crippen molar-refractivity contribution in [1.29, 1.82) is 0 Å². The van der Waals surface area contributed by atoms with E-state index in [-0.39, 0.29) is 12.6 Å². The van der Waals surface area contributed by atoms with Gasteiger partial charge in [0.1, 0.15) is 5.82 Å². The van der Waals surface area contributed by atoms with Crippen molar-refractivity contribution >= 4 is 0 Å². The summed E-state index contributed by atoms with van der Waals surface area (Å²) < 4.78 is 51.0. The maximum Gasteiger partial charge on any atom is 0.419 e. The lowest BCUT2D eigenvalue weighted by Gasteiger charge is -2.34. The average molecular weight is 292 g/mol. The molecule has 0 bridgehead atoms. The molecule has 0 radical (unpaired) electrons. The van der Waals surface area contributed by atoms with E-state index in [4.69, 9.17) is 5.73 Å². The molecule has 1 heterocycles. The summed E-state index contributed by atoms with van der Waals surface area (Å²) in [5.74, 6) is -1.28. The van der Waals surface area contributed by atoms with Gasteiger partial charge >= 0.3 is 6.18 Å². The Morgan fingerprint density at radius 1 is 1.35 bits per heavy atom. The molecule has 1 aromatic rings. The molecule has 7 heteroatoms. The van der Waals surface area contributed by atoms with Crippen LogP contribution >= 0.6 is 0 Å². The van der Waals surface area contributed by atoms with Crippen LogP contribution < -0.4 is 5.73 Å². The number of likely N-dealkylation sites (tertiary alicyclic amines) is 1. The highest BCUT2D eigenvalue weighted by Gasteiger charge is 2.34. The number of benzene rings is 1. The predicted molar refractivity (Wildman–Crippen MR) is 65.3 cm³/mol. The number of aliphatic hydroxyl groups excluding tert-OH is 1. The van der Waals surface area contributed by atoms with Crippen molar-refractivity contribution in [1.82, 2.24) is 4.90 Å². The number of hydrogen-bond acceptors (Lipinski definition) is 3. The minimum absolute atomic E-state index is 0.229. The first kappa shape index (κ1) is 15.2. The van der Waals surface area contributed by atoms with Gasteiger partial charge in [0.05, 0.1) is 11.7 Å². The third-order valence-corrected chi connectivity index (χ3v) is 3.46. The van der Waals surface area contributed by atoms with Crippen molar-refractivity contribution in [3.8, 4) is 0 Å². The maximum atomic E-state index is 13.2. The van der Waals surface area contributed by atoms with Gasteiger partial charge in [-0.3, -0.25) is 4.90 Å². The Labute approximate surface area is 114 Å². The Bertz CT molecular complexity index is 478. The Kier molecular flexibility index (Phi) is 4.31. The molecule has 0 aromatic heterocycles. The molecule has 3 N–H and O–H groups in total. The molecular formula is C13H16F4N2O. The molecular weight excluding hydrogens is 276 g/mol. The van der Waals surface area contributed by atoms with Crippen molar-refractivity contribution in [2.24, 2.45) is 5.73 Å². The predicted octanol–water partition coefficient (Wildman–Crippen LogP) is 1.74. The summed E-state index contributed by atoms with van der Waals surface area (Å²) >= 11 is 0. The zero-order valence-electron chi connectivity index (χ0n) is 10.7. The lowest BCUT2D eigenvalue weighted by molar-refractivity contribution is -0.140. The van der Waals surface area contributed by atoms with Gasteiger partial charge in [0, 0.05) is 25.7 Å². The Morgan fingerprint density at radius 2 is 2.05 bits per heavy atom. The fraction of sp³-hybridized carbons (Fsp3) is 0.538. The highest BCUT2D eigenvalue weighted by molar-refractivity contribution is 5.27. The fourth-order valence-electron chi connectivity index (χ4n) is 2.31. The van der Waals surface area contributed by atoms with Crippen LogP contribution in [-0.4, -0.2) is 35.2 Å². The number of hydrogen-bond donors (Lipinski definition) is 2. The quantitative estimate of drug-likeness (QED) is 0.816. The minimum Gasteiger partial charge on any atom is -0.390 e. The number of rotatable bonds is 2. The highest BCUT2D eigenvalue weighted by atomic mass is 19.4. The summed E-state index contributed by atoms with van der Waals surface area (Å²) in [4.78, 5) is 1.81. The van der Waals surface area contributed by atoms with E-state index < -0.39 is 23.7 Å². The van der Waals surface area contributed by atoms with E-state index in [1.165, 1.54) is 6.07 Å². The Hall–Kier alpha value is -1.18. The molecule has 0 unspecified atom stereocenters. The average Bonchev–Trinajstić information content (AvgIpc) is 2.35. The van der Waals surface area contributed by atoms with Gasteiger partial charge in [-0.2, -0.15) is 13.2 Å². The smallest absolute Gasteiger partial charge is 0.390 e. The fourth-order valence-corrected chi connectivity index (χ4v) is 2.31. The van der Waals surface area contributed by atoms with E-state index in [1.54, 1.807) is 4.90 Å². The third-order valence-electron chi connectivity index (χ3n) is 3.46. The molecule has 0 saturated carbocycles. The van der Waals surface area contributed by atoms with Gasteiger partial charge in [-0.25, -0.2) is 4.39 Å². The van der Waals surface area contributed by atoms with Gasteiger partial charge < -0.3 is 10.8 Å². The third kappa shape index (κ3) is 3.47. The molecule has 1 aliphatic heterocycles. The van der Waals surface area contributed by atoms with Crippen molar-refractivity contribution in [3.05, 3.63) is 35.1 Å². The van der Waals surface area contributed by atoms with Crippen LogP contribution in [0.1, 0.15) is 17.5 Å². The van der Waals surface area contributed by atoms with Crippen LogP contribution in [0.3, 0.4) is 0 Å². The summed E-state index contributed by atoms with van der Waals surface area (Å²) in [6, 6.07) is 2.66. The van der Waals surface area contributed by atoms with E-state index in [0.717, 1.165) is 12.1 Å². The Morgan fingerprint density at radius 3 is 2.65 bits per heavy atom. The number of halogens is 4. The standard InChI is InChI=1S/C13H16F4N2O/c14-10-2-1-8(5-9(10)13(15,16)17)6-19-4-3-11(18)12(20)7-19/h1-2,5,11-12,20H,3-4,6-7,18H2/t11-,12-/m1/s1. The number of alkyl halides is 3. The van der Waals surface area contributed by atoms with Gasteiger partial charge in [-0.1, -0.05) is 6.07 Å². The number of nitrogens with zero attached hydrogens (tertiary/aromatic N) is 1. The molecule has 3 nitrogen and oxygen atoms in total. The van der Waals surface area contributed by atoms with Crippen LogP contribution in [0.15, 0.2) is 18.2 Å². The lowest BCUT2D eigenvalue weighted by atomic mass is 10.0. The van der Waals surface area contributed by atoms with Gasteiger partial charge in [0.15, 0.2) is 0 Å². The summed E-state index contributed by atoms with van der Waals surface area (Å²) in [5, 5.41) is 9.65. The van der Waals surface area contributed by atoms with Gasteiger partial charge in [-0.15, -0.1) is 0 Å². The van der Waals surface area contributed by atoms with Crippen molar-refractivity contribution in [3.63, 3.8) is 0 Å². The zero-order valence-corrected chi connectivity index (χ0v) is 10.7. The number of β-amino-alcohol motifs (C(OH)–C–C–N with tert-alkyl or cyclic N) is 1. The first-order chi connectivity index (χ1) is 9.27. The van der Waals surface area contributed by atoms with Crippen LogP contribution in [0.5, 0.6) is 0 Å². The molecule has 0 spiro atoms. The molecule has 1 saturated heterocycles. The second kappa shape index (κ2) is 5.67. The maximum absolute atomic E-state index is 13.2. The monoisotopic (exact) mass is 292 g/mol. The second-order valence-electron chi connectivity index (χ2n) is 5.07. The van der Waals surface area contributed by atoms with Gasteiger partial charge in [0.2, 0.25) is 0 Å². The van der Waals surface area contributed by atoms with Crippen molar-refractivity contribution in [2.75, 3.05) is 13.1 Å². The summed E-state index contributed by atoms with van der Waals surface area (Å²) in [7, 11) is 0. The second-order valence-corrected chi connectivity index (χ2v) is 5.07. The van der Waals surface area contributed by atoms with E-state index in [2.05, 4.69) is 0 Å². The highest BCUT2D eigenvalue weighted by Crippen LogP contribution is 2.32. The first-order valence-electron chi connectivity index (χ1n) is 6.29. The summed E-state index contributed by atoms with van der Waals surface area (Å²) in [6.07, 6.45) is -4.82. The van der Waals surface area contributed by atoms with Crippen LogP contribution in [0.4, 0.5) is 17.6 Å². The molecule has 1 fully saturated rings. The van der Waals surface area contributed by atoms with E-state index in [9.17, 15) is 22.7 Å². The van der Waals surface area contributed by atoms with Crippen LogP contribution in [0, 0.1) is 5.82 Å². The molecule has 1 aliphatic rings. The Balaban J connectivity index is 2.11. The molecule has 20 heavy (non-hydrogen) atoms. The molecule has 112 valence electrons. The molecule has 0 aliphatic carbocycles. The van der Waals surface area contributed by atoms with E-state index >= 15 is 0 Å². The topological polar surface area (TPSA) is 49.5 Å². The normalized spacial score (nSPS) is 24.9. The molecule has 2 atom stereocenters. The SMILES string of the molecule is N[C@@H]1CCN(Cc2ccc(F)c(C(F)(F)F)c2)C[C@H]1O.